The van der Waals surface area contributed by atoms with Gasteiger partial charge in [0.2, 0.25) is 5.75 Å². The molecule has 0 bridgehead atoms. The van der Waals surface area contributed by atoms with E-state index in [1.54, 1.807) is 4.98 Å². The van der Waals surface area contributed by atoms with Gasteiger partial charge < -0.3 is 9.72 Å². The lowest BCUT2D eigenvalue weighted by Gasteiger charge is -2.10. The second kappa shape index (κ2) is 4.64. The number of rotatable bonds is 3. The lowest BCUT2D eigenvalue weighted by Crippen LogP contribution is -2.23. The van der Waals surface area contributed by atoms with E-state index in [2.05, 4.69) is 4.74 Å². The summed E-state index contributed by atoms with van der Waals surface area (Å²) >= 11 is 4.94. The number of aromatic nitrogens is 1. The first kappa shape index (κ1) is 14.0. The van der Waals surface area contributed by atoms with E-state index in [0.717, 1.165) is 0 Å². The monoisotopic (exact) mass is 286 g/mol. The van der Waals surface area contributed by atoms with Crippen LogP contribution in [0.25, 0.3) is 0 Å². The Hall–Kier alpha value is -2.10. The minimum Gasteiger partial charge on any atom is -0.397 e. The number of carbonyl (C=O) groups is 1. The van der Waals surface area contributed by atoms with Crippen LogP contribution < -0.4 is 10.3 Å². The van der Waals surface area contributed by atoms with Crippen LogP contribution in [0.4, 0.5) is 18.9 Å². The zero-order valence-corrected chi connectivity index (χ0v) is 8.83. The van der Waals surface area contributed by atoms with Crippen LogP contribution in [0.15, 0.2) is 11.0 Å². The molecule has 1 heterocycles. The number of nitrogens with one attached hydrogen (secondary N) is 1. The molecule has 1 aromatic heterocycles. The van der Waals surface area contributed by atoms with Crippen molar-refractivity contribution < 1.29 is 27.6 Å². The van der Waals surface area contributed by atoms with Crippen molar-refractivity contribution in [1.29, 1.82) is 0 Å². The Morgan fingerprint density at radius 2 is 2.06 bits per heavy atom. The Kier molecular flexibility index (Phi) is 3.60. The highest BCUT2D eigenvalue weighted by Crippen LogP contribution is 2.33. The van der Waals surface area contributed by atoms with E-state index in [-0.39, 0.29) is 0 Å². The Morgan fingerprint density at radius 3 is 2.44 bits per heavy atom. The van der Waals surface area contributed by atoms with Gasteiger partial charge in [0.25, 0.3) is 5.24 Å². The summed E-state index contributed by atoms with van der Waals surface area (Å²) in [4.78, 5) is 32.6. The number of hydrogen-bond donors (Lipinski definition) is 1. The molecule has 1 N–H and O–H groups in total. The Balaban J connectivity index is 3.59. The third-order valence-electron chi connectivity index (χ3n) is 1.63. The van der Waals surface area contributed by atoms with Crippen LogP contribution in [-0.4, -0.2) is 21.5 Å². The molecule has 0 amide bonds. The van der Waals surface area contributed by atoms with E-state index >= 15 is 0 Å². The van der Waals surface area contributed by atoms with Crippen molar-refractivity contribution in [2.75, 3.05) is 0 Å². The zero-order valence-electron chi connectivity index (χ0n) is 8.08. The highest BCUT2D eigenvalue weighted by atomic mass is 35.5. The third-order valence-corrected chi connectivity index (χ3v) is 1.84. The lowest BCUT2D eigenvalue weighted by atomic mass is 10.2. The SMILES string of the molecule is O=C(Cl)c1c[nH]c(=O)c([N+](=O)[O-])c1OC(F)(F)F. The van der Waals surface area contributed by atoms with Gasteiger partial charge in [0, 0.05) is 6.20 Å². The molecule has 7 nitrogen and oxygen atoms in total. The second-order valence-corrected chi connectivity index (χ2v) is 3.13. The van der Waals surface area contributed by atoms with Gasteiger partial charge in [-0.2, -0.15) is 0 Å². The Bertz CT molecular complexity index is 567. The standard InChI is InChI=1S/C7H2ClF3N2O5/c8-5(14)2-1-12-6(15)3(13(16)17)4(2)18-7(9,10)11/h1H,(H,12,15). The number of alkyl halides is 3. The van der Waals surface area contributed by atoms with E-state index in [1.807, 2.05) is 0 Å². The molecule has 0 spiro atoms. The van der Waals surface area contributed by atoms with Gasteiger partial charge in [-0.05, 0) is 11.6 Å². The number of carbonyl (C=O) groups excluding carboxylic acids is 1. The van der Waals surface area contributed by atoms with E-state index in [9.17, 15) is 32.9 Å². The van der Waals surface area contributed by atoms with Gasteiger partial charge in [-0.3, -0.25) is 19.7 Å². The lowest BCUT2D eigenvalue weighted by molar-refractivity contribution is -0.390. The van der Waals surface area contributed by atoms with Crippen molar-refractivity contribution in [3.63, 3.8) is 0 Å². The summed E-state index contributed by atoms with van der Waals surface area (Å²) in [6, 6.07) is 0. The molecule has 0 aliphatic rings. The number of nitro groups is 1. The van der Waals surface area contributed by atoms with E-state index in [4.69, 9.17) is 11.6 Å². The molecule has 0 atom stereocenters. The van der Waals surface area contributed by atoms with E-state index < -0.39 is 39.1 Å². The van der Waals surface area contributed by atoms with Gasteiger partial charge in [-0.25, -0.2) is 0 Å². The van der Waals surface area contributed by atoms with Crippen LogP contribution in [0.3, 0.4) is 0 Å². The van der Waals surface area contributed by atoms with Gasteiger partial charge in [0.15, 0.2) is 0 Å². The summed E-state index contributed by atoms with van der Waals surface area (Å²) in [7, 11) is 0. The zero-order chi connectivity index (χ0) is 14.1. The maximum atomic E-state index is 12.0. The third kappa shape index (κ3) is 2.97. The fraction of sp³-hybridized carbons (Fsp3) is 0.143. The molecule has 0 unspecified atom stereocenters. The fourth-order valence-electron chi connectivity index (χ4n) is 1.03. The van der Waals surface area contributed by atoms with Crippen molar-refractivity contribution in [3.05, 3.63) is 32.2 Å². The molecule has 0 fully saturated rings. The second-order valence-electron chi connectivity index (χ2n) is 2.79. The largest absolute Gasteiger partial charge is 0.573 e. The van der Waals surface area contributed by atoms with Gasteiger partial charge in [0.1, 0.15) is 0 Å². The number of ether oxygens (including phenoxy) is 1. The molecule has 18 heavy (non-hydrogen) atoms. The number of H-pyrrole nitrogens is 1. The van der Waals surface area contributed by atoms with Crippen LogP contribution in [-0.2, 0) is 0 Å². The highest BCUT2D eigenvalue weighted by molar-refractivity contribution is 6.68. The molecular formula is C7H2ClF3N2O5. The number of aromatic amines is 1. The van der Waals surface area contributed by atoms with Crippen molar-refractivity contribution in [2.24, 2.45) is 0 Å². The first-order valence-corrected chi connectivity index (χ1v) is 4.37. The van der Waals surface area contributed by atoms with Crippen LogP contribution in [0.2, 0.25) is 0 Å². The maximum Gasteiger partial charge on any atom is 0.573 e. The molecule has 0 aromatic carbocycles. The van der Waals surface area contributed by atoms with Crippen LogP contribution in [0.5, 0.6) is 5.75 Å². The first-order chi connectivity index (χ1) is 8.13. The molecule has 11 heteroatoms. The molecule has 0 radical (unpaired) electrons. The molecule has 0 saturated carbocycles. The number of nitrogens with zero attached hydrogens (tertiary/aromatic N) is 1. The average molecular weight is 287 g/mol. The minimum absolute atomic E-state index is 0.492. The summed E-state index contributed by atoms with van der Waals surface area (Å²) in [5, 5.41) is 9.04. The van der Waals surface area contributed by atoms with Crippen molar-refractivity contribution >= 4 is 22.5 Å². The maximum absolute atomic E-state index is 12.0. The summed E-state index contributed by atoms with van der Waals surface area (Å²) in [6.45, 7) is 0. The highest BCUT2D eigenvalue weighted by Gasteiger charge is 2.38. The van der Waals surface area contributed by atoms with Gasteiger partial charge in [-0.1, -0.05) is 0 Å². The smallest absolute Gasteiger partial charge is 0.397 e. The molecular weight excluding hydrogens is 285 g/mol. The predicted molar refractivity (Wildman–Crippen MR) is 50.6 cm³/mol. The van der Waals surface area contributed by atoms with Crippen molar-refractivity contribution in [1.82, 2.24) is 4.98 Å². The minimum atomic E-state index is -5.32. The summed E-state index contributed by atoms with van der Waals surface area (Å²) < 4.78 is 39.4. The van der Waals surface area contributed by atoms with Crippen LogP contribution >= 0.6 is 11.6 Å². The Morgan fingerprint density at radius 1 is 1.50 bits per heavy atom. The Labute approximate surface area is 100 Å². The van der Waals surface area contributed by atoms with Crippen molar-refractivity contribution in [3.8, 4) is 5.75 Å². The molecule has 98 valence electrons. The molecule has 0 aliphatic carbocycles. The summed E-state index contributed by atoms with van der Waals surface area (Å²) in [5.41, 5.74) is -3.99. The van der Waals surface area contributed by atoms with Crippen LogP contribution in [0, 0.1) is 10.1 Å². The van der Waals surface area contributed by atoms with E-state index in [0.29, 0.717) is 6.20 Å². The van der Waals surface area contributed by atoms with Gasteiger partial charge >= 0.3 is 17.6 Å². The molecule has 0 saturated heterocycles. The van der Waals surface area contributed by atoms with Crippen molar-refractivity contribution in [2.45, 2.75) is 6.36 Å². The van der Waals surface area contributed by atoms with E-state index in [1.165, 1.54) is 0 Å². The number of pyridine rings is 1. The summed E-state index contributed by atoms with van der Waals surface area (Å²) in [5.74, 6) is -1.55. The number of hydrogen-bond acceptors (Lipinski definition) is 5. The average Bonchev–Trinajstić information content (AvgIpc) is 2.13. The quantitative estimate of drug-likeness (QED) is 0.516. The molecule has 1 aromatic rings. The van der Waals surface area contributed by atoms with Gasteiger partial charge in [-0.15, -0.1) is 13.2 Å². The molecule has 0 aliphatic heterocycles. The van der Waals surface area contributed by atoms with Crippen LogP contribution in [0.1, 0.15) is 10.4 Å². The van der Waals surface area contributed by atoms with Gasteiger partial charge in [0.05, 0.1) is 10.5 Å². The first-order valence-electron chi connectivity index (χ1n) is 3.99. The topological polar surface area (TPSA) is 102 Å². The fourth-order valence-corrected chi connectivity index (χ4v) is 1.17. The normalized spacial score (nSPS) is 11.1. The number of halogens is 4. The predicted octanol–water partition coefficient (Wildman–Crippen LogP) is 1.56. The summed E-state index contributed by atoms with van der Waals surface area (Å²) in [6.07, 6.45) is -4.83. The molecule has 1 rings (SSSR count).